The van der Waals surface area contributed by atoms with E-state index >= 15 is 0 Å². The normalized spacial score (nSPS) is 13.4. The molecule has 0 aliphatic heterocycles. The smallest absolute Gasteiger partial charge is 0.330 e. The SMILES string of the molecule is CC(CCCN)NS(=O)(=O)c1cn(C)c(=O)n(C)c1=O. The topological polar surface area (TPSA) is 116 Å². The quantitative estimate of drug-likeness (QED) is 0.663. The van der Waals surface area contributed by atoms with Crippen molar-refractivity contribution in [3.8, 4) is 0 Å². The highest BCUT2D eigenvalue weighted by Gasteiger charge is 2.23. The number of nitrogens with one attached hydrogen (secondary N) is 1. The van der Waals surface area contributed by atoms with E-state index in [1.807, 2.05) is 0 Å². The summed E-state index contributed by atoms with van der Waals surface area (Å²) < 4.78 is 28.6. The van der Waals surface area contributed by atoms with Gasteiger partial charge in [-0.1, -0.05) is 0 Å². The minimum absolute atomic E-state index is 0.342. The molecular formula is C11H20N4O4S. The first-order chi connectivity index (χ1) is 9.20. The summed E-state index contributed by atoms with van der Waals surface area (Å²) in [5.74, 6) is 0. The number of hydrogen-bond donors (Lipinski definition) is 2. The van der Waals surface area contributed by atoms with E-state index in [0.29, 0.717) is 19.4 Å². The first-order valence-electron chi connectivity index (χ1n) is 6.19. The Morgan fingerprint density at radius 3 is 2.50 bits per heavy atom. The van der Waals surface area contributed by atoms with Crippen molar-refractivity contribution in [2.24, 2.45) is 19.8 Å². The van der Waals surface area contributed by atoms with E-state index < -0.39 is 26.2 Å². The molecule has 0 bridgehead atoms. The van der Waals surface area contributed by atoms with Gasteiger partial charge < -0.3 is 10.3 Å². The van der Waals surface area contributed by atoms with Crippen LogP contribution in [0.15, 0.2) is 20.7 Å². The van der Waals surface area contributed by atoms with Crippen LogP contribution in [0.3, 0.4) is 0 Å². The van der Waals surface area contributed by atoms with Gasteiger partial charge in [-0.3, -0.25) is 9.36 Å². The maximum atomic E-state index is 12.2. The van der Waals surface area contributed by atoms with Gasteiger partial charge in [-0.15, -0.1) is 0 Å². The lowest BCUT2D eigenvalue weighted by Crippen LogP contribution is -2.43. The Morgan fingerprint density at radius 1 is 1.35 bits per heavy atom. The summed E-state index contributed by atoms with van der Waals surface area (Å²) >= 11 is 0. The van der Waals surface area contributed by atoms with E-state index in [1.54, 1.807) is 6.92 Å². The van der Waals surface area contributed by atoms with Crippen LogP contribution in [0.1, 0.15) is 19.8 Å². The van der Waals surface area contributed by atoms with Gasteiger partial charge in [0.05, 0.1) is 0 Å². The number of hydrogen-bond acceptors (Lipinski definition) is 5. The first kappa shape index (κ1) is 16.6. The Kier molecular flexibility index (Phi) is 5.26. The van der Waals surface area contributed by atoms with E-state index in [0.717, 1.165) is 15.3 Å². The fraction of sp³-hybridized carbons (Fsp3) is 0.636. The third-order valence-electron chi connectivity index (χ3n) is 2.90. The van der Waals surface area contributed by atoms with Crippen LogP contribution in [0.2, 0.25) is 0 Å². The Balaban J connectivity index is 3.18. The van der Waals surface area contributed by atoms with E-state index in [4.69, 9.17) is 5.73 Å². The summed E-state index contributed by atoms with van der Waals surface area (Å²) in [6, 6.07) is -0.342. The van der Waals surface area contributed by atoms with Crippen LogP contribution in [-0.4, -0.2) is 30.1 Å². The van der Waals surface area contributed by atoms with Gasteiger partial charge >= 0.3 is 5.69 Å². The lowest BCUT2D eigenvalue weighted by molar-refractivity contribution is 0.533. The molecular weight excluding hydrogens is 284 g/mol. The van der Waals surface area contributed by atoms with Gasteiger partial charge in [0.1, 0.15) is 0 Å². The second kappa shape index (κ2) is 6.33. The number of nitrogens with zero attached hydrogens (tertiary/aromatic N) is 2. The Hall–Kier alpha value is -1.45. The van der Waals surface area contributed by atoms with Crippen molar-refractivity contribution >= 4 is 10.0 Å². The number of aromatic nitrogens is 2. The summed E-state index contributed by atoms with van der Waals surface area (Å²) in [5, 5.41) is 0. The van der Waals surface area contributed by atoms with Crippen LogP contribution in [-0.2, 0) is 24.1 Å². The lowest BCUT2D eigenvalue weighted by Gasteiger charge is -2.14. The van der Waals surface area contributed by atoms with Crippen molar-refractivity contribution in [2.45, 2.75) is 30.7 Å². The van der Waals surface area contributed by atoms with Crippen molar-refractivity contribution in [3.63, 3.8) is 0 Å². The minimum Gasteiger partial charge on any atom is -0.330 e. The number of sulfonamides is 1. The third-order valence-corrected chi connectivity index (χ3v) is 4.47. The zero-order valence-corrected chi connectivity index (χ0v) is 12.6. The molecule has 1 aromatic rings. The molecule has 1 atom stereocenters. The average molecular weight is 304 g/mol. The Labute approximate surface area is 117 Å². The molecule has 9 heteroatoms. The highest BCUT2D eigenvalue weighted by Crippen LogP contribution is 2.04. The molecule has 3 N–H and O–H groups in total. The van der Waals surface area contributed by atoms with E-state index in [-0.39, 0.29) is 6.04 Å². The van der Waals surface area contributed by atoms with E-state index in [9.17, 15) is 18.0 Å². The van der Waals surface area contributed by atoms with E-state index in [1.165, 1.54) is 14.1 Å². The molecule has 0 aromatic carbocycles. The molecule has 0 amide bonds. The molecule has 20 heavy (non-hydrogen) atoms. The van der Waals surface area contributed by atoms with Gasteiger partial charge in [-0.2, -0.15) is 0 Å². The van der Waals surface area contributed by atoms with E-state index in [2.05, 4.69) is 4.72 Å². The van der Waals surface area contributed by atoms with Crippen LogP contribution in [0.5, 0.6) is 0 Å². The summed E-state index contributed by atoms with van der Waals surface area (Å²) in [7, 11) is -1.34. The summed E-state index contributed by atoms with van der Waals surface area (Å²) in [5.41, 5.74) is 3.94. The van der Waals surface area contributed by atoms with Crippen LogP contribution in [0.4, 0.5) is 0 Å². The van der Waals surface area contributed by atoms with Crippen LogP contribution in [0.25, 0.3) is 0 Å². The van der Waals surface area contributed by atoms with Gasteiger partial charge in [0.25, 0.3) is 5.56 Å². The molecule has 0 saturated carbocycles. The highest BCUT2D eigenvalue weighted by atomic mass is 32.2. The fourth-order valence-corrected chi connectivity index (χ4v) is 3.21. The number of nitrogens with two attached hydrogens (primary N) is 1. The van der Waals surface area contributed by atoms with Gasteiger partial charge in [0, 0.05) is 26.3 Å². The van der Waals surface area contributed by atoms with Crippen LogP contribution >= 0.6 is 0 Å². The molecule has 0 spiro atoms. The Bertz CT molecular complexity index is 689. The molecule has 0 saturated heterocycles. The van der Waals surface area contributed by atoms with Gasteiger partial charge in [0.2, 0.25) is 10.0 Å². The predicted molar refractivity (Wildman–Crippen MR) is 75.0 cm³/mol. The Morgan fingerprint density at radius 2 is 1.95 bits per heavy atom. The summed E-state index contributed by atoms with van der Waals surface area (Å²) in [6.07, 6.45) is 2.28. The van der Waals surface area contributed by atoms with Crippen molar-refractivity contribution in [1.29, 1.82) is 0 Å². The maximum Gasteiger partial charge on any atom is 0.330 e. The second-order valence-electron chi connectivity index (χ2n) is 4.70. The maximum absolute atomic E-state index is 12.2. The summed E-state index contributed by atoms with van der Waals surface area (Å²) in [4.78, 5) is 23.0. The monoisotopic (exact) mass is 304 g/mol. The summed E-state index contributed by atoms with van der Waals surface area (Å²) in [6.45, 7) is 2.16. The molecule has 1 aromatic heterocycles. The third kappa shape index (κ3) is 3.56. The zero-order chi connectivity index (χ0) is 15.5. The van der Waals surface area contributed by atoms with Crippen molar-refractivity contribution in [1.82, 2.24) is 13.9 Å². The van der Waals surface area contributed by atoms with Crippen LogP contribution < -0.4 is 21.7 Å². The van der Waals surface area contributed by atoms with Crippen molar-refractivity contribution in [3.05, 3.63) is 27.0 Å². The fourth-order valence-electron chi connectivity index (χ4n) is 1.77. The standard InChI is InChI=1S/C11H20N4O4S/c1-8(5-4-6-12)13-20(18,19)9-7-14(2)11(17)15(3)10(9)16/h7-8,13H,4-6,12H2,1-3H3. The van der Waals surface area contributed by atoms with Gasteiger partial charge in [-0.05, 0) is 26.3 Å². The zero-order valence-electron chi connectivity index (χ0n) is 11.8. The first-order valence-corrected chi connectivity index (χ1v) is 7.68. The largest absolute Gasteiger partial charge is 0.330 e. The molecule has 0 radical (unpaired) electrons. The van der Waals surface area contributed by atoms with Gasteiger partial charge in [-0.25, -0.2) is 17.9 Å². The van der Waals surface area contributed by atoms with Gasteiger partial charge in [0.15, 0.2) is 4.90 Å². The van der Waals surface area contributed by atoms with Crippen molar-refractivity contribution < 1.29 is 8.42 Å². The van der Waals surface area contributed by atoms with Crippen molar-refractivity contribution in [2.75, 3.05) is 6.54 Å². The molecule has 1 unspecified atom stereocenters. The molecule has 114 valence electrons. The molecule has 1 heterocycles. The average Bonchev–Trinajstić information content (AvgIpc) is 2.37. The number of aryl methyl sites for hydroxylation is 1. The predicted octanol–water partition coefficient (Wildman–Crippen LogP) is -1.51. The second-order valence-corrected chi connectivity index (χ2v) is 6.39. The molecule has 1 rings (SSSR count). The molecule has 0 fully saturated rings. The molecule has 8 nitrogen and oxygen atoms in total. The molecule has 0 aliphatic carbocycles. The lowest BCUT2D eigenvalue weighted by atomic mass is 10.2. The van der Waals surface area contributed by atoms with Crippen LogP contribution in [0, 0.1) is 0 Å². The highest BCUT2D eigenvalue weighted by molar-refractivity contribution is 7.89. The number of rotatable bonds is 6. The molecule has 0 aliphatic rings. The minimum atomic E-state index is -3.97.